The number of carbonyl (C=O) groups is 1. The second-order valence-electron chi connectivity index (χ2n) is 4.63. The maximum Gasteiger partial charge on any atom is 0.336 e. The van der Waals surface area contributed by atoms with Gasteiger partial charge in [-0.2, -0.15) is 0 Å². The van der Waals surface area contributed by atoms with Crippen molar-refractivity contribution in [2.45, 2.75) is 0 Å². The number of rotatable bonds is 3. The molecule has 0 bridgehead atoms. The Balaban J connectivity index is 2.19. The molecule has 2 aromatic heterocycles. The first-order valence-electron chi connectivity index (χ1n) is 6.39. The van der Waals surface area contributed by atoms with Crippen molar-refractivity contribution >= 4 is 28.7 Å². The Labute approximate surface area is 123 Å². The monoisotopic (exact) mass is 300 g/mol. The highest BCUT2D eigenvalue weighted by Crippen LogP contribution is 2.25. The van der Waals surface area contributed by atoms with Crippen LogP contribution in [0.3, 0.4) is 0 Å². The second-order valence-corrected chi connectivity index (χ2v) is 4.63. The van der Waals surface area contributed by atoms with Crippen LogP contribution in [0.5, 0.6) is 0 Å². The molecule has 2 heterocycles. The summed E-state index contributed by atoms with van der Waals surface area (Å²) in [6.07, 6.45) is 4.45. The molecule has 110 valence electrons. The quantitative estimate of drug-likeness (QED) is 0.728. The van der Waals surface area contributed by atoms with E-state index in [9.17, 15) is 18.7 Å². The Morgan fingerprint density at radius 2 is 2.09 bits per heavy atom. The van der Waals surface area contributed by atoms with Crippen molar-refractivity contribution in [3.05, 3.63) is 65.5 Å². The van der Waals surface area contributed by atoms with Crippen molar-refractivity contribution in [1.29, 1.82) is 0 Å². The van der Waals surface area contributed by atoms with Gasteiger partial charge in [-0.1, -0.05) is 0 Å². The van der Waals surface area contributed by atoms with Crippen molar-refractivity contribution in [1.82, 2.24) is 9.97 Å². The van der Waals surface area contributed by atoms with Gasteiger partial charge in [-0.05, 0) is 36.4 Å². The molecule has 0 radical (unpaired) electrons. The van der Waals surface area contributed by atoms with Gasteiger partial charge in [0.25, 0.3) is 0 Å². The van der Waals surface area contributed by atoms with Crippen LogP contribution in [-0.2, 0) is 4.79 Å². The second kappa shape index (κ2) is 5.40. The maximum atomic E-state index is 13.8. The number of hydrogen-bond donors (Lipinski definition) is 2. The van der Waals surface area contributed by atoms with Crippen LogP contribution >= 0.6 is 0 Å². The average Bonchev–Trinajstić information content (AvgIpc) is 2.90. The minimum absolute atomic E-state index is 0.300. The van der Waals surface area contributed by atoms with E-state index >= 15 is 0 Å². The molecule has 22 heavy (non-hydrogen) atoms. The zero-order chi connectivity index (χ0) is 15.7. The SMILES string of the molecule is O=C(O)C(=Cc1c[nH]c2ncccc12)c1cc(F)ccc1F. The number of carboxylic acids is 1. The highest BCUT2D eigenvalue weighted by molar-refractivity contribution is 6.21. The third-order valence-corrected chi connectivity index (χ3v) is 3.23. The number of nitrogens with one attached hydrogen (secondary N) is 1. The van der Waals surface area contributed by atoms with E-state index in [4.69, 9.17) is 0 Å². The van der Waals surface area contributed by atoms with E-state index in [1.54, 1.807) is 24.5 Å². The molecule has 1 aromatic carbocycles. The molecule has 4 nitrogen and oxygen atoms in total. The maximum absolute atomic E-state index is 13.8. The highest BCUT2D eigenvalue weighted by atomic mass is 19.1. The molecule has 0 saturated carbocycles. The lowest BCUT2D eigenvalue weighted by atomic mass is 10.0. The summed E-state index contributed by atoms with van der Waals surface area (Å²) in [5.74, 6) is -2.85. The van der Waals surface area contributed by atoms with Crippen LogP contribution in [0.25, 0.3) is 22.7 Å². The molecule has 0 spiro atoms. The molecule has 0 atom stereocenters. The van der Waals surface area contributed by atoms with Gasteiger partial charge in [-0.25, -0.2) is 18.6 Å². The van der Waals surface area contributed by atoms with Crippen LogP contribution in [0.1, 0.15) is 11.1 Å². The number of pyridine rings is 1. The van der Waals surface area contributed by atoms with Gasteiger partial charge in [0.2, 0.25) is 0 Å². The number of carboxylic acid groups (broad SMARTS) is 1. The molecule has 6 heteroatoms. The van der Waals surface area contributed by atoms with E-state index in [1.807, 2.05) is 0 Å². The summed E-state index contributed by atoms with van der Waals surface area (Å²) in [7, 11) is 0. The minimum atomic E-state index is -1.34. The van der Waals surface area contributed by atoms with Gasteiger partial charge in [-0.3, -0.25) is 0 Å². The van der Waals surface area contributed by atoms with Gasteiger partial charge < -0.3 is 10.1 Å². The Morgan fingerprint density at radius 1 is 1.27 bits per heavy atom. The lowest BCUT2D eigenvalue weighted by Gasteiger charge is -2.05. The molecule has 3 rings (SSSR count). The normalized spacial score (nSPS) is 11.8. The Kier molecular flexibility index (Phi) is 3.42. The standard InChI is InChI=1S/C16H10F2N2O2/c17-10-3-4-14(18)12(7-10)13(16(21)22)6-9-8-20-15-11(9)2-1-5-19-15/h1-8H,(H,19,20)(H,21,22). The molecule has 0 aliphatic rings. The van der Waals surface area contributed by atoms with Gasteiger partial charge in [0.05, 0.1) is 5.57 Å². The fraction of sp³-hybridized carbons (Fsp3) is 0. The van der Waals surface area contributed by atoms with E-state index < -0.39 is 17.6 Å². The molecule has 0 amide bonds. The summed E-state index contributed by atoms with van der Waals surface area (Å²) < 4.78 is 27.1. The number of H-pyrrole nitrogens is 1. The zero-order valence-corrected chi connectivity index (χ0v) is 11.2. The summed E-state index contributed by atoms with van der Waals surface area (Å²) in [5.41, 5.74) is 0.481. The van der Waals surface area contributed by atoms with Crippen LogP contribution in [0, 0.1) is 11.6 Å². The van der Waals surface area contributed by atoms with Gasteiger partial charge in [0.1, 0.15) is 17.3 Å². The third-order valence-electron chi connectivity index (χ3n) is 3.23. The van der Waals surface area contributed by atoms with Crippen LogP contribution < -0.4 is 0 Å². The summed E-state index contributed by atoms with van der Waals surface area (Å²) in [6.45, 7) is 0. The van der Waals surface area contributed by atoms with Crippen LogP contribution in [0.4, 0.5) is 8.78 Å². The lowest BCUT2D eigenvalue weighted by molar-refractivity contribution is -0.130. The zero-order valence-electron chi connectivity index (χ0n) is 11.2. The smallest absolute Gasteiger partial charge is 0.336 e. The Hall–Kier alpha value is -3.02. The Morgan fingerprint density at radius 3 is 2.86 bits per heavy atom. The largest absolute Gasteiger partial charge is 0.478 e. The highest BCUT2D eigenvalue weighted by Gasteiger charge is 2.17. The molecule has 0 aliphatic heterocycles. The molecule has 0 saturated heterocycles. The summed E-state index contributed by atoms with van der Waals surface area (Å²) >= 11 is 0. The predicted molar refractivity (Wildman–Crippen MR) is 78.0 cm³/mol. The number of nitrogens with zero attached hydrogens (tertiary/aromatic N) is 1. The third kappa shape index (κ3) is 2.46. The van der Waals surface area contributed by atoms with Gasteiger partial charge >= 0.3 is 5.97 Å². The average molecular weight is 300 g/mol. The van der Waals surface area contributed by atoms with Crippen molar-refractivity contribution < 1.29 is 18.7 Å². The van der Waals surface area contributed by atoms with Crippen LogP contribution in [0.15, 0.2) is 42.7 Å². The van der Waals surface area contributed by atoms with Crippen LogP contribution in [-0.4, -0.2) is 21.0 Å². The number of hydrogen-bond acceptors (Lipinski definition) is 2. The number of aromatic nitrogens is 2. The fourth-order valence-electron chi connectivity index (χ4n) is 2.21. The fourth-order valence-corrected chi connectivity index (χ4v) is 2.21. The van der Waals surface area contributed by atoms with Gasteiger partial charge in [0, 0.05) is 28.9 Å². The summed E-state index contributed by atoms with van der Waals surface area (Å²) in [5, 5.41) is 10.0. The number of fused-ring (bicyclic) bond motifs is 1. The summed E-state index contributed by atoms with van der Waals surface area (Å²) in [4.78, 5) is 18.4. The molecule has 2 N–H and O–H groups in total. The minimum Gasteiger partial charge on any atom is -0.478 e. The molecular weight excluding hydrogens is 290 g/mol. The molecule has 0 aliphatic carbocycles. The van der Waals surface area contributed by atoms with Crippen molar-refractivity contribution in [3.63, 3.8) is 0 Å². The number of benzene rings is 1. The van der Waals surface area contributed by atoms with E-state index in [0.29, 0.717) is 16.6 Å². The number of halogens is 2. The molecule has 0 fully saturated rings. The van der Waals surface area contributed by atoms with Gasteiger partial charge in [-0.15, -0.1) is 0 Å². The van der Waals surface area contributed by atoms with Crippen molar-refractivity contribution in [2.75, 3.05) is 0 Å². The van der Waals surface area contributed by atoms with E-state index in [2.05, 4.69) is 9.97 Å². The first kappa shape index (κ1) is 13.9. The first-order valence-corrected chi connectivity index (χ1v) is 6.39. The lowest BCUT2D eigenvalue weighted by Crippen LogP contribution is -2.02. The number of aliphatic carboxylic acids is 1. The van der Waals surface area contributed by atoms with Crippen molar-refractivity contribution in [3.8, 4) is 0 Å². The Bertz CT molecular complexity index is 900. The molecule has 3 aromatic rings. The predicted octanol–water partition coefficient (Wildman–Crippen LogP) is 3.47. The van der Waals surface area contributed by atoms with Gasteiger partial charge in [0.15, 0.2) is 0 Å². The van der Waals surface area contributed by atoms with E-state index in [-0.39, 0.29) is 11.1 Å². The van der Waals surface area contributed by atoms with E-state index in [0.717, 1.165) is 18.2 Å². The van der Waals surface area contributed by atoms with Crippen molar-refractivity contribution in [2.24, 2.45) is 0 Å². The molecule has 0 unspecified atom stereocenters. The first-order chi connectivity index (χ1) is 10.6. The topological polar surface area (TPSA) is 66.0 Å². The van der Waals surface area contributed by atoms with E-state index in [1.165, 1.54) is 6.08 Å². The van der Waals surface area contributed by atoms with Crippen LogP contribution in [0.2, 0.25) is 0 Å². The summed E-state index contributed by atoms with van der Waals surface area (Å²) in [6, 6.07) is 6.16. The number of aromatic amines is 1. The molecular formula is C16H10F2N2O2.